The number of carbonyl (C=O) groups is 1. The van der Waals surface area contributed by atoms with Crippen LogP contribution in [0.4, 0.5) is 0 Å². The van der Waals surface area contributed by atoms with Crippen LogP contribution in [0.25, 0.3) is 0 Å². The molecule has 0 aliphatic carbocycles. The molecule has 0 saturated carbocycles. The van der Waals surface area contributed by atoms with Crippen molar-refractivity contribution in [2.45, 2.75) is 17.4 Å². The van der Waals surface area contributed by atoms with Crippen molar-refractivity contribution >= 4 is 27.3 Å². The van der Waals surface area contributed by atoms with Crippen molar-refractivity contribution in [2.24, 2.45) is 5.73 Å². The molecule has 3 N–H and O–H groups in total. The Morgan fingerprint density at radius 1 is 1.27 bits per heavy atom. The van der Waals surface area contributed by atoms with Crippen LogP contribution in [0.2, 0.25) is 0 Å². The lowest BCUT2D eigenvalue weighted by molar-refractivity contribution is -0.119. The zero-order valence-corrected chi connectivity index (χ0v) is 15.8. The molecule has 7 nitrogen and oxygen atoms in total. The summed E-state index contributed by atoms with van der Waals surface area (Å²) in [6.45, 7) is 2.03. The van der Waals surface area contributed by atoms with Gasteiger partial charge < -0.3 is 10.5 Å². The lowest BCUT2D eigenvalue weighted by atomic mass is 10.1. The summed E-state index contributed by atoms with van der Waals surface area (Å²) in [5.41, 5.74) is 6.15. The van der Waals surface area contributed by atoms with E-state index in [0.29, 0.717) is 12.3 Å². The summed E-state index contributed by atoms with van der Waals surface area (Å²) in [6, 6.07) is 7.98. The van der Waals surface area contributed by atoms with E-state index in [4.69, 9.17) is 10.5 Å². The Kier molecular flexibility index (Phi) is 5.92. The van der Waals surface area contributed by atoms with Gasteiger partial charge in [-0.25, -0.2) is 13.1 Å². The zero-order valence-electron chi connectivity index (χ0n) is 14.1. The van der Waals surface area contributed by atoms with Crippen molar-refractivity contribution in [2.75, 3.05) is 26.2 Å². The van der Waals surface area contributed by atoms with Crippen LogP contribution < -0.4 is 15.2 Å². The minimum absolute atomic E-state index is 0.0444. The number of nitrogens with two attached hydrogens (primary N) is 1. The van der Waals surface area contributed by atoms with Gasteiger partial charge in [0.2, 0.25) is 10.0 Å². The van der Waals surface area contributed by atoms with Crippen LogP contribution >= 0.6 is 11.3 Å². The van der Waals surface area contributed by atoms with E-state index in [1.165, 1.54) is 24.3 Å². The first-order valence-corrected chi connectivity index (χ1v) is 10.7. The van der Waals surface area contributed by atoms with Crippen LogP contribution in [0.15, 0.2) is 46.0 Å². The molecule has 1 aliphatic heterocycles. The SMILES string of the molecule is NC(=O)COc1ccc(S(=O)(=O)NCC(c2ccsc2)N2CCC2)cc1. The van der Waals surface area contributed by atoms with Crippen LogP contribution in [0.1, 0.15) is 18.0 Å². The van der Waals surface area contributed by atoms with Crippen LogP contribution in [0, 0.1) is 0 Å². The van der Waals surface area contributed by atoms with Gasteiger partial charge in [-0.2, -0.15) is 11.3 Å². The number of carbonyl (C=O) groups excluding carboxylic acids is 1. The smallest absolute Gasteiger partial charge is 0.255 e. The summed E-state index contributed by atoms with van der Waals surface area (Å²) in [5.74, 6) is -0.201. The summed E-state index contributed by atoms with van der Waals surface area (Å²) in [6.07, 6.45) is 1.14. The van der Waals surface area contributed by atoms with Crippen molar-refractivity contribution in [1.29, 1.82) is 0 Å². The van der Waals surface area contributed by atoms with Gasteiger partial charge in [0.1, 0.15) is 5.75 Å². The molecule has 1 aromatic heterocycles. The predicted molar refractivity (Wildman–Crippen MR) is 99.6 cm³/mol. The fraction of sp³-hybridized carbons (Fsp3) is 0.353. The van der Waals surface area contributed by atoms with Gasteiger partial charge >= 0.3 is 0 Å². The predicted octanol–water partition coefficient (Wildman–Crippen LogP) is 1.34. The molecule has 3 rings (SSSR count). The van der Waals surface area contributed by atoms with Crippen molar-refractivity contribution in [1.82, 2.24) is 9.62 Å². The van der Waals surface area contributed by atoms with E-state index in [0.717, 1.165) is 25.1 Å². The molecule has 1 saturated heterocycles. The number of hydrogen-bond donors (Lipinski definition) is 2. The summed E-state index contributed by atoms with van der Waals surface area (Å²) >= 11 is 1.61. The van der Waals surface area contributed by atoms with Crippen LogP contribution in [-0.2, 0) is 14.8 Å². The molecule has 1 fully saturated rings. The number of sulfonamides is 1. The lowest BCUT2D eigenvalue weighted by Gasteiger charge is -2.38. The fourth-order valence-electron chi connectivity index (χ4n) is 2.72. The maximum Gasteiger partial charge on any atom is 0.255 e. The number of nitrogens with one attached hydrogen (secondary N) is 1. The number of likely N-dealkylation sites (tertiary alicyclic amines) is 1. The first-order valence-electron chi connectivity index (χ1n) is 8.23. The summed E-state index contributed by atoms with van der Waals surface area (Å²) in [7, 11) is -3.63. The normalized spacial score (nSPS) is 16.0. The highest BCUT2D eigenvalue weighted by atomic mass is 32.2. The molecule has 1 aromatic carbocycles. The van der Waals surface area contributed by atoms with Crippen molar-refractivity contribution in [3.63, 3.8) is 0 Å². The van der Waals surface area contributed by atoms with Crippen LogP contribution in [-0.4, -0.2) is 45.5 Å². The maximum absolute atomic E-state index is 12.6. The number of rotatable bonds is 9. The molecular formula is C17H21N3O4S2. The minimum Gasteiger partial charge on any atom is -0.484 e. The van der Waals surface area contributed by atoms with Crippen molar-refractivity contribution in [3.8, 4) is 5.75 Å². The van der Waals surface area contributed by atoms with E-state index in [1.807, 2.05) is 11.4 Å². The monoisotopic (exact) mass is 395 g/mol. The molecule has 0 bridgehead atoms. The standard InChI is InChI=1S/C17H21N3O4S2/c18-17(21)11-24-14-2-4-15(5-3-14)26(22,23)19-10-16(20-7-1-8-20)13-6-9-25-12-13/h2-6,9,12,16,19H,1,7-8,10-11H2,(H2,18,21). The Morgan fingerprint density at radius 2 is 2.00 bits per heavy atom. The quantitative estimate of drug-likeness (QED) is 0.667. The number of primary amides is 1. The number of ether oxygens (including phenoxy) is 1. The molecule has 2 aromatic rings. The third kappa shape index (κ3) is 4.61. The maximum atomic E-state index is 12.6. The van der Waals surface area contributed by atoms with Crippen molar-refractivity contribution < 1.29 is 17.9 Å². The molecule has 0 spiro atoms. The number of nitrogens with zero attached hydrogens (tertiary/aromatic N) is 1. The van der Waals surface area contributed by atoms with Gasteiger partial charge in [-0.05, 0) is 53.1 Å². The van der Waals surface area contributed by atoms with E-state index < -0.39 is 15.9 Å². The second-order valence-corrected chi connectivity index (χ2v) is 8.59. The van der Waals surface area contributed by atoms with E-state index in [9.17, 15) is 13.2 Å². The zero-order chi connectivity index (χ0) is 18.6. The number of thiophene rings is 1. The second kappa shape index (κ2) is 8.17. The van der Waals surface area contributed by atoms with Gasteiger partial charge in [0.25, 0.3) is 5.91 Å². The number of amides is 1. The average Bonchev–Trinajstić information content (AvgIpc) is 3.09. The van der Waals surface area contributed by atoms with E-state index in [1.54, 1.807) is 11.3 Å². The Labute approximate surface area is 156 Å². The second-order valence-electron chi connectivity index (χ2n) is 6.04. The fourth-order valence-corrected chi connectivity index (χ4v) is 4.46. The first kappa shape index (κ1) is 18.8. The number of benzene rings is 1. The lowest BCUT2D eigenvalue weighted by Crippen LogP contribution is -2.44. The van der Waals surface area contributed by atoms with E-state index >= 15 is 0 Å². The van der Waals surface area contributed by atoms with Gasteiger partial charge in [-0.3, -0.25) is 9.69 Å². The highest BCUT2D eigenvalue weighted by molar-refractivity contribution is 7.89. The Hall–Kier alpha value is -1.94. The Balaban J connectivity index is 1.65. The molecular weight excluding hydrogens is 374 g/mol. The summed E-state index contributed by atoms with van der Waals surface area (Å²) in [5, 5.41) is 4.06. The molecule has 1 amide bonds. The Morgan fingerprint density at radius 3 is 2.54 bits per heavy atom. The summed E-state index contributed by atoms with van der Waals surface area (Å²) in [4.78, 5) is 13.1. The first-order chi connectivity index (χ1) is 12.5. The molecule has 0 radical (unpaired) electrons. The molecule has 26 heavy (non-hydrogen) atoms. The molecule has 1 aliphatic rings. The number of hydrogen-bond acceptors (Lipinski definition) is 6. The van der Waals surface area contributed by atoms with Gasteiger partial charge in [0.15, 0.2) is 6.61 Å². The van der Waals surface area contributed by atoms with Gasteiger partial charge in [0.05, 0.1) is 4.90 Å². The molecule has 2 heterocycles. The third-order valence-corrected chi connectivity index (χ3v) is 6.38. The van der Waals surface area contributed by atoms with Crippen molar-refractivity contribution in [3.05, 3.63) is 46.7 Å². The minimum atomic E-state index is -3.63. The van der Waals surface area contributed by atoms with Crippen LogP contribution in [0.3, 0.4) is 0 Å². The average molecular weight is 396 g/mol. The molecule has 140 valence electrons. The van der Waals surface area contributed by atoms with Gasteiger partial charge in [-0.1, -0.05) is 0 Å². The molecule has 9 heteroatoms. The highest BCUT2D eigenvalue weighted by Gasteiger charge is 2.27. The molecule has 1 atom stereocenters. The van der Waals surface area contributed by atoms with E-state index in [2.05, 4.69) is 15.0 Å². The largest absolute Gasteiger partial charge is 0.484 e. The van der Waals surface area contributed by atoms with Crippen LogP contribution in [0.5, 0.6) is 5.75 Å². The van der Waals surface area contributed by atoms with Gasteiger partial charge in [0, 0.05) is 25.7 Å². The molecule has 1 unspecified atom stereocenters. The highest BCUT2D eigenvalue weighted by Crippen LogP contribution is 2.27. The summed E-state index contributed by atoms with van der Waals surface area (Å²) < 4.78 is 33.0. The Bertz CT molecular complexity index is 831. The van der Waals surface area contributed by atoms with E-state index in [-0.39, 0.29) is 17.5 Å². The van der Waals surface area contributed by atoms with Gasteiger partial charge in [-0.15, -0.1) is 0 Å². The third-order valence-electron chi connectivity index (χ3n) is 4.24. The topological polar surface area (TPSA) is 102 Å².